The largest absolute Gasteiger partial charge is 0.495 e. The molecule has 28 heavy (non-hydrogen) atoms. The number of methoxy groups -OCH3 is 2. The van der Waals surface area contributed by atoms with E-state index in [-0.39, 0.29) is 39.2 Å². The van der Waals surface area contributed by atoms with Crippen molar-refractivity contribution in [3.8, 4) is 11.5 Å². The SMILES string of the molecule is COc1cc(OC)c(Cl)c(/C(F)=C/c2cnc(NC3COC[C@@H]3N)nc2)c1Cl. The van der Waals surface area contributed by atoms with Gasteiger partial charge in [-0.15, -0.1) is 0 Å². The standard InChI is InChI=1S/C18H19Cl2FN4O3/c1-26-13-4-14(27-2)17(20)15(16(13)19)10(21)3-9-5-23-18(24-6-9)25-12-8-28-7-11(12)22/h3-6,11-12H,7-8,22H2,1-2H3,(H,23,24,25)/b10-3-/t11-,12?/m0/s1. The lowest BCUT2D eigenvalue weighted by atomic mass is 10.1. The van der Waals surface area contributed by atoms with E-state index in [0.717, 1.165) is 0 Å². The van der Waals surface area contributed by atoms with E-state index >= 15 is 0 Å². The number of nitrogens with two attached hydrogens (primary N) is 1. The van der Waals surface area contributed by atoms with Crippen LogP contribution in [-0.2, 0) is 4.74 Å². The number of aromatic nitrogens is 2. The lowest BCUT2D eigenvalue weighted by molar-refractivity contribution is 0.192. The molecule has 150 valence electrons. The highest BCUT2D eigenvalue weighted by molar-refractivity contribution is 6.39. The van der Waals surface area contributed by atoms with Crippen LogP contribution < -0.4 is 20.5 Å². The van der Waals surface area contributed by atoms with E-state index in [9.17, 15) is 4.39 Å². The monoisotopic (exact) mass is 428 g/mol. The first-order valence-electron chi connectivity index (χ1n) is 8.34. The van der Waals surface area contributed by atoms with E-state index < -0.39 is 5.83 Å². The highest BCUT2D eigenvalue weighted by atomic mass is 35.5. The highest BCUT2D eigenvalue weighted by Gasteiger charge is 2.25. The minimum absolute atomic E-state index is 0.0317. The predicted molar refractivity (Wildman–Crippen MR) is 107 cm³/mol. The summed E-state index contributed by atoms with van der Waals surface area (Å²) in [6.07, 6.45) is 4.16. The topological polar surface area (TPSA) is 91.5 Å². The van der Waals surface area contributed by atoms with Gasteiger partial charge in [0.15, 0.2) is 0 Å². The summed E-state index contributed by atoms with van der Waals surface area (Å²) in [6, 6.07) is 1.29. The van der Waals surface area contributed by atoms with Gasteiger partial charge in [0.1, 0.15) is 17.3 Å². The number of anilines is 1. The molecule has 3 rings (SSSR count). The maximum Gasteiger partial charge on any atom is 0.222 e. The Morgan fingerprint density at radius 2 is 1.82 bits per heavy atom. The maximum absolute atomic E-state index is 14.9. The smallest absolute Gasteiger partial charge is 0.222 e. The van der Waals surface area contributed by atoms with Crippen LogP contribution in [0.15, 0.2) is 18.5 Å². The number of halogens is 3. The van der Waals surface area contributed by atoms with E-state index in [1.807, 2.05) is 0 Å². The number of rotatable bonds is 6. The molecule has 0 amide bonds. The van der Waals surface area contributed by atoms with Crippen LogP contribution in [0.25, 0.3) is 11.9 Å². The molecule has 1 aromatic heterocycles. The second kappa shape index (κ2) is 8.91. The van der Waals surface area contributed by atoms with Crippen molar-refractivity contribution >= 4 is 41.1 Å². The molecule has 0 spiro atoms. The van der Waals surface area contributed by atoms with Gasteiger partial charge in [-0.3, -0.25) is 0 Å². The molecule has 1 saturated heterocycles. The minimum atomic E-state index is -0.678. The van der Waals surface area contributed by atoms with Gasteiger partial charge in [0.25, 0.3) is 0 Å². The molecule has 2 aromatic rings. The Labute approximate surface area is 171 Å². The first-order valence-corrected chi connectivity index (χ1v) is 9.09. The first kappa shape index (κ1) is 20.6. The Kier molecular flexibility index (Phi) is 6.56. The molecule has 1 aliphatic rings. The van der Waals surface area contributed by atoms with Crippen molar-refractivity contribution in [2.45, 2.75) is 12.1 Å². The third-order valence-corrected chi connectivity index (χ3v) is 4.97. The fourth-order valence-corrected chi connectivity index (χ4v) is 3.37. The Balaban J connectivity index is 1.85. The lowest BCUT2D eigenvalue weighted by Gasteiger charge is -2.15. The average molecular weight is 429 g/mol. The van der Waals surface area contributed by atoms with Gasteiger partial charge in [0.2, 0.25) is 5.95 Å². The average Bonchev–Trinajstić information content (AvgIpc) is 3.08. The second-order valence-electron chi connectivity index (χ2n) is 6.07. The first-order chi connectivity index (χ1) is 13.4. The molecular weight excluding hydrogens is 410 g/mol. The zero-order valence-electron chi connectivity index (χ0n) is 15.2. The normalized spacial score (nSPS) is 19.6. The number of nitrogens with zero attached hydrogens (tertiary/aromatic N) is 2. The Morgan fingerprint density at radius 3 is 2.32 bits per heavy atom. The molecule has 1 aromatic carbocycles. The summed E-state index contributed by atoms with van der Waals surface area (Å²) in [5.41, 5.74) is 6.30. The zero-order chi connectivity index (χ0) is 20.3. The predicted octanol–water partition coefficient (Wildman–Crippen LogP) is 3.41. The van der Waals surface area contributed by atoms with Gasteiger partial charge < -0.3 is 25.3 Å². The van der Waals surface area contributed by atoms with Crippen molar-refractivity contribution in [1.82, 2.24) is 9.97 Å². The summed E-state index contributed by atoms with van der Waals surface area (Å²) in [7, 11) is 2.83. The third kappa shape index (κ3) is 4.30. The van der Waals surface area contributed by atoms with E-state index in [0.29, 0.717) is 24.7 Å². The van der Waals surface area contributed by atoms with Gasteiger partial charge in [-0.1, -0.05) is 23.2 Å². The van der Waals surface area contributed by atoms with Gasteiger partial charge >= 0.3 is 0 Å². The highest BCUT2D eigenvalue weighted by Crippen LogP contribution is 2.44. The number of benzene rings is 1. The molecule has 1 fully saturated rings. The molecular formula is C18H19Cl2FN4O3. The van der Waals surface area contributed by atoms with Crippen LogP contribution in [0.3, 0.4) is 0 Å². The summed E-state index contributed by atoms with van der Waals surface area (Å²) < 4.78 is 30.5. The molecule has 0 aliphatic carbocycles. The molecule has 10 heteroatoms. The fourth-order valence-electron chi connectivity index (χ4n) is 2.69. The summed E-state index contributed by atoms with van der Waals surface area (Å²) in [5, 5.41) is 3.17. The molecule has 2 atom stereocenters. The quantitative estimate of drug-likeness (QED) is 0.727. The molecule has 7 nitrogen and oxygen atoms in total. The van der Waals surface area contributed by atoms with Gasteiger partial charge in [-0.2, -0.15) is 0 Å². The fraction of sp³-hybridized carbons (Fsp3) is 0.333. The number of hydrogen-bond donors (Lipinski definition) is 2. The maximum atomic E-state index is 14.9. The summed E-state index contributed by atoms with van der Waals surface area (Å²) in [4.78, 5) is 8.35. The van der Waals surface area contributed by atoms with Crippen LogP contribution in [0.5, 0.6) is 11.5 Å². The van der Waals surface area contributed by atoms with Crippen LogP contribution in [0, 0.1) is 0 Å². The van der Waals surface area contributed by atoms with Crippen molar-refractivity contribution in [2.75, 3.05) is 32.8 Å². The lowest BCUT2D eigenvalue weighted by Crippen LogP contribution is -2.39. The number of hydrogen-bond acceptors (Lipinski definition) is 7. The Hall–Kier alpha value is -2.13. The van der Waals surface area contributed by atoms with Gasteiger partial charge in [0, 0.05) is 24.0 Å². The van der Waals surface area contributed by atoms with Gasteiger partial charge in [-0.05, 0) is 6.08 Å². The third-order valence-electron chi connectivity index (χ3n) is 4.22. The van der Waals surface area contributed by atoms with Crippen LogP contribution in [0.1, 0.15) is 11.1 Å². The van der Waals surface area contributed by atoms with Crippen molar-refractivity contribution in [3.05, 3.63) is 39.6 Å². The zero-order valence-corrected chi connectivity index (χ0v) is 16.7. The molecule has 1 aliphatic heterocycles. The van der Waals surface area contributed by atoms with Crippen LogP contribution in [0.2, 0.25) is 10.0 Å². The minimum Gasteiger partial charge on any atom is -0.495 e. The van der Waals surface area contributed by atoms with Crippen molar-refractivity contribution < 1.29 is 18.6 Å². The molecule has 0 bridgehead atoms. The Morgan fingerprint density at radius 1 is 1.21 bits per heavy atom. The number of ether oxygens (including phenoxy) is 3. The molecule has 0 saturated carbocycles. The van der Waals surface area contributed by atoms with E-state index in [4.69, 9.17) is 43.1 Å². The molecule has 1 unspecified atom stereocenters. The second-order valence-corrected chi connectivity index (χ2v) is 6.82. The van der Waals surface area contributed by atoms with E-state index in [1.54, 1.807) is 0 Å². The summed E-state index contributed by atoms with van der Waals surface area (Å²) in [6.45, 7) is 0.963. The molecule has 0 radical (unpaired) electrons. The van der Waals surface area contributed by atoms with Crippen LogP contribution in [0.4, 0.5) is 10.3 Å². The van der Waals surface area contributed by atoms with Gasteiger partial charge in [-0.25, -0.2) is 14.4 Å². The van der Waals surface area contributed by atoms with Crippen molar-refractivity contribution in [2.24, 2.45) is 5.73 Å². The van der Waals surface area contributed by atoms with Gasteiger partial charge in [0.05, 0.1) is 55.1 Å². The Bertz CT molecular complexity index is 852. The molecule has 2 heterocycles. The van der Waals surface area contributed by atoms with E-state index in [2.05, 4.69) is 15.3 Å². The van der Waals surface area contributed by atoms with Crippen LogP contribution in [-0.4, -0.2) is 49.5 Å². The van der Waals surface area contributed by atoms with Crippen molar-refractivity contribution in [1.29, 1.82) is 0 Å². The molecule has 3 N–H and O–H groups in total. The van der Waals surface area contributed by atoms with Crippen LogP contribution >= 0.6 is 23.2 Å². The summed E-state index contributed by atoms with van der Waals surface area (Å²) in [5.74, 6) is 0.185. The number of nitrogens with one attached hydrogen (secondary N) is 1. The van der Waals surface area contributed by atoms with E-state index in [1.165, 1.54) is 38.8 Å². The van der Waals surface area contributed by atoms with Crippen molar-refractivity contribution in [3.63, 3.8) is 0 Å². The summed E-state index contributed by atoms with van der Waals surface area (Å²) >= 11 is 12.5.